The Hall–Kier alpha value is -3.67. The molecule has 0 spiro atoms. The Labute approximate surface area is 194 Å². The molecule has 1 aromatic heterocycles. The summed E-state index contributed by atoms with van der Waals surface area (Å²) in [5, 5.41) is 0. The van der Waals surface area contributed by atoms with E-state index in [0.717, 1.165) is 16.7 Å². The largest absolute Gasteiger partial charge is 0.497 e. The number of methoxy groups -OCH3 is 1. The van der Waals surface area contributed by atoms with E-state index in [1.54, 1.807) is 49.3 Å². The highest BCUT2D eigenvalue weighted by Gasteiger charge is 2.47. The zero-order valence-electron chi connectivity index (χ0n) is 19.3. The van der Waals surface area contributed by atoms with Gasteiger partial charge in [-0.1, -0.05) is 36.4 Å². The Bertz CT molecular complexity index is 1150. The number of benzene rings is 2. The van der Waals surface area contributed by atoms with Gasteiger partial charge in [-0.15, -0.1) is 0 Å². The molecule has 2 heterocycles. The Balaban J connectivity index is 1.66. The van der Waals surface area contributed by atoms with E-state index < -0.39 is 5.41 Å². The SMILES string of the molecule is COc1cccc(C(=O)N2CCC(Cc3ccccc3-c3cccnc3)(C(=O)N(C)C)C2)c1. The molecule has 0 radical (unpaired) electrons. The highest BCUT2D eigenvalue weighted by atomic mass is 16.5. The van der Waals surface area contributed by atoms with E-state index in [2.05, 4.69) is 17.1 Å². The van der Waals surface area contributed by atoms with Crippen LogP contribution < -0.4 is 4.74 Å². The fourth-order valence-corrected chi connectivity index (χ4v) is 4.70. The Kier molecular flexibility index (Phi) is 6.45. The van der Waals surface area contributed by atoms with Gasteiger partial charge in [-0.25, -0.2) is 0 Å². The second kappa shape index (κ2) is 9.45. The molecule has 1 unspecified atom stereocenters. The van der Waals surface area contributed by atoms with Crippen LogP contribution in [0, 0.1) is 5.41 Å². The first-order valence-corrected chi connectivity index (χ1v) is 11.1. The summed E-state index contributed by atoms with van der Waals surface area (Å²) in [6, 6.07) is 19.2. The van der Waals surface area contributed by atoms with Gasteiger partial charge in [-0.05, 0) is 48.2 Å². The van der Waals surface area contributed by atoms with Crippen molar-refractivity contribution in [3.05, 3.63) is 84.2 Å². The minimum absolute atomic E-state index is 0.0458. The third kappa shape index (κ3) is 4.60. The molecule has 4 rings (SSSR count). The molecule has 0 bridgehead atoms. The standard InChI is InChI=1S/C27H29N3O3/c1-29(2)26(32)27(17-21-8-4-5-12-24(21)22-10-7-14-28-18-22)13-15-30(19-27)25(31)20-9-6-11-23(16-20)33-3/h4-12,14,16,18H,13,15,17,19H2,1-3H3. The lowest BCUT2D eigenvalue weighted by Crippen LogP contribution is -2.44. The number of pyridine rings is 1. The molecule has 1 aliphatic rings. The van der Waals surface area contributed by atoms with Gasteiger partial charge in [-0.3, -0.25) is 14.6 Å². The van der Waals surface area contributed by atoms with Crippen LogP contribution in [0.25, 0.3) is 11.1 Å². The summed E-state index contributed by atoms with van der Waals surface area (Å²) in [7, 11) is 5.15. The Morgan fingerprint density at radius 1 is 1.09 bits per heavy atom. The number of rotatable bonds is 6. The van der Waals surface area contributed by atoms with Gasteiger partial charge in [0.15, 0.2) is 0 Å². The van der Waals surface area contributed by atoms with Crippen molar-refractivity contribution >= 4 is 11.8 Å². The Morgan fingerprint density at radius 2 is 1.91 bits per heavy atom. The lowest BCUT2D eigenvalue weighted by Gasteiger charge is -2.32. The van der Waals surface area contributed by atoms with Gasteiger partial charge >= 0.3 is 0 Å². The van der Waals surface area contributed by atoms with Crippen LogP contribution in [-0.4, -0.2) is 60.9 Å². The number of carbonyl (C=O) groups excluding carboxylic acids is 2. The first-order chi connectivity index (χ1) is 15.9. The van der Waals surface area contributed by atoms with Crippen molar-refractivity contribution < 1.29 is 14.3 Å². The smallest absolute Gasteiger partial charge is 0.254 e. The number of amides is 2. The average molecular weight is 444 g/mol. The zero-order chi connectivity index (χ0) is 23.4. The lowest BCUT2D eigenvalue weighted by atomic mass is 9.78. The highest BCUT2D eigenvalue weighted by molar-refractivity contribution is 5.96. The molecule has 1 atom stereocenters. The Morgan fingerprint density at radius 3 is 2.64 bits per heavy atom. The number of aromatic nitrogens is 1. The van der Waals surface area contributed by atoms with E-state index in [9.17, 15) is 9.59 Å². The lowest BCUT2D eigenvalue weighted by molar-refractivity contribution is -0.138. The number of carbonyl (C=O) groups is 2. The molecule has 6 heteroatoms. The third-order valence-corrected chi connectivity index (χ3v) is 6.34. The number of nitrogens with zero attached hydrogens (tertiary/aromatic N) is 3. The molecule has 1 fully saturated rings. The maximum absolute atomic E-state index is 13.5. The quantitative estimate of drug-likeness (QED) is 0.579. The fourth-order valence-electron chi connectivity index (χ4n) is 4.70. The molecule has 2 amide bonds. The topological polar surface area (TPSA) is 62.7 Å². The maximum atomic E-state index is 13.5. The van der Waals surface area contributed by atoms with Crippen molar-refractivity contribution in [1.29, 1.82) is 0 Å². The molecule has 33 heavy (non-hydrogen) atoms. The van der Waals surface area contributed by atoms with Crippen LogP contribution in [0.5, 0.6) is 5.75 Å². The summed E-state index contributed by atoms with van der Waals surface area (Å²) in [6.07, 6.45) is 4.76. The predicted molar refractivity (Wildman–Crippen MR) is 128 cm³/mol. The second-order valence-corrected chi connectivity index (χ2v) is 8.76. The van der Waals surface area contributed by atoms with Gasteiger partial charge in [-0.2, -0.15) is 0 Å². The summed E-state index contributed by atoms with van der Waals surface area (Å²) < 4.78 is 5.28. The molecule has 0 saturated carbocycles. The van der Waals surface area contributed by atoms with E-state index >= 15 is 0 Å². The van der Waals surface area contributed by atoms with Gasteiger partial charge in [0.05, 0.1) is 12.5 Å². The number of ether oxygens (including phenoxy) is 1. The van der Waals surface area contributed by atoms with Crippen LogP contribution in [0.15, 0.2) is 73.1 Å². The van der Waals surface area contributed by atoms with E-state index in [1.807, 2.05) is 42.6 Å². The van der Waals surface area contributed by atoms with Crippen molar-refractivity contribution in [1.82, 2.24) is 14.8 Å². The van der Waals surface area contributed by atoms with Gasteiger partial charge in [0, 0.05) is 50.7 Å². The average Bonchev–Trinajstić information content (AvgIpc) is 3.29. The molecular weight excluding hydrogens is 414 g/mol. The zero-order valence-corrected chi connectivity index (χ0v) is 19.3. The van der Waals surface area contributed by atoms with E-state index in [4.69, 9.17) is 4.74 Å². The van der Waals surface area contributed by atoms with E-state index in [0.29, 0.717) is 37.2 Å². The molecule has 6 nitrogen and oxygen atoms in total. The van der Waals surface area contributed by atoms with Crippen LogP contribution >= 0.6 is 0 Å². The van der Waals surface area contributed by atoms with E-state index in [1.165, 1.54) is 0 Å². The van der Waals surface area contributed by atoms with Crippen LogP contribution in [0.4, 0.5) is 0 Å². The van der Waals surface area contributed by atoms with Crippen LogP contribution in [0.2, 0.25) is 0 Å². The predicted octanol–water partition coefficient (Wildman–Crippen LogP) is 3.92. The highest BCUT2D eigenvalue weighted by Crippen LogP contribution is 2.39. The summed E-state index contributed by atoms with van der Waals surface area (Å²) >= 11 is 0. The van der Waals surface area contributed by atoms with Crippen molar-refractivity contribution in [3.8, 4) is 16.9 Å². The second-order valence-electron chi connectivity index (χ2n) is 8.76. The molecule has 170 valence electrons. The van der Waals surface area contributed by atoms with Gasteiger partial charge in [0.25, 0.3) is 5.91 Å². The third-order valence-electron chi connectivity index (χ3n) is 6.34. The van der Waals surface area contributed by atoms with Gasteiger partial charge in [0.2, 0.25) is 5.91 Å². The normalized spacial score (nSPS) is 17.6. The molecule has 2 aromatic carbocycles. The molecule has 0 N–H and O–H groups in total. The maximum Gasteiger partial charge on any atom is 0.254 e. The molecule has 3 aromatic rings. The van der Waals surface area contributed by atoms with Crippen molar-refractivity contribution in [2.24, 2.45) is 5.41 Å². The molecule has 1 saturated heterocycles. The van der Waals surface area contributed by atoms with Crippen molar-refractivity contribution in [3.63, 3.8) is 0 Å². The monoisotopic (exact) mass is 443 g/mol. The number of likely N-dealkylation sites (tertiary alicyclic amines) is 1. The molecule has 1 aliphatic heterocycles. The van der Waals surface area contributed by atoms with E-state index in [-0.39, 0.29) is 11.8 Å². The summed E-state index contributed by atoms with van der Waals surface area (Å²) in [4.78, 5) is 34.5. The fraction of sp³-hybridized carbons (Fsp3) is 0.296. The first-order valence-electron chi connectivity index (χ1n) is 11.1. The number of hydrogen-bond acceptors (Lipinski definition) is 4. The minimum atomic E-state index is -0.684. The molecular formula is C27H29N3O3. The van der Waals surface area contributed by atoms with Gasteiger partial charge in [0.1, 0.15) is 5.75 Å². The molecule has 0 aliphatic carbocycles. The first kappa shape index (κ1) is 22.5. The summed E-state index contributed by atoms with van der Waals surface area (Å²) in [5.74, 6) is 0.605. The van der Waals surface area contributed by atoms with Crippen LogP contribution in [0.3, 0.4) is 0 Å². The van der Waals surface area contributed by atoms with Gasteiger partial charge < -0.3 is 14.5 Å². The summed E-state index contributed by atoms with van der Waals surface area (Å²) in [5.41, 5.74) is 3.04. The minimum Gasteiger partial charge on any atom is -0.497 e. The summed E-state index contributed by atoms with van der Waals surface area (Å²) in [6.45, 7) is 0.909. The van der Waals surface area contributed by atoms with Crippen LogP contribution in [0.1, 0.15) is 22.3 Å². The van der Waals surface area contributed by atoms with Crippen molar-refractivity contribution in [2.75, 3.05) is 34.3 Å². The van der Waals surface area contributed by atoms with Crippen LogP contribution in [-0.2, 0) is 11.2 Å². The van der Waals surface area contributed by atoms with Crippen molar-refractivity contribution in [2.45, 2.75) is 12.8 Å². The number of hydrogen-bond donors (Lipinski definition) is 0.